The molecule has 110 valence electrons. The van der Waals surface area contributed by atoms with Crippen LogP contribution < -0.4 is 5.32 Å². The minimum Gasteiger partial charge on any atom is -0.325 e. The van der Waals surface area contributed by atoms with Crippen LogP contribution in [0, 0.1) is 5.92 Å². The van der Waals surface area contributed by atoms with E-state index in [1.54, 1.807) is 31.2 Å². The van der Waals surface area contributed by atoms with Gasteiger partial charge < -0.3 is 5.32 Å². The van der Waals surface area contributed by atoms with Gasteiger partial charge in [-0.1, -0.05) is 38.3 Å². The molecule has 4 nitrogen and oxygen atoms in total. The van der Waals surface area contributed by atoms with Gasteiger partial charge in [-0.05, 0) is 25.0 Å². The third-order valence-electron chi connectivity index (χ3n) is 3.84. The van der Waals surface area contributed by atoms with E-state index in [-0.39, 0.29) is 22.5 Å². The van der Waals surface area contributed by atoms with E-state index in [1.165, 1.54) is 6.42 Å². The Morgan fingerprint density at radius 1 is 1.20 bits per heavy atom. The predicted molar refractivity (Wildman–Crippen MR) is 79.4 cm³/mol. The molecule has 0 radical (unpaired) electrons. The normalized spacial score (nSPS) is 16.9. The Morgan fingerprint density at radius 2 is 1.85 bits per heavy atom. The summed E-state index contributed by atoms with van der Waals surface area (Å²) in [6.45, 7) is 1.61. The quantitative estimate of drug-likeness (QED) is 0.928. The molecule has 5 heteroatoms. The Hall–Kier alpha value is -1.36. The van der Waals surface area contributed by atoms with E-state index in [0.717, 1.165) is 25.7 Å². The number of amides is 1. The van der Waals surface area contributed by atoms with Crippen molar-refractivity contribution in [3.8, 4) is 0 Å². The molecule has 0 heterocycles. The molecule has 0 bridgehead atoms. The van der Waals surface area contributed by atoms with Gasteiger partial charge in [0.2, 0.25) is 5.91 Å². The standard InChI is InChI=1S/C15H21NO3S/c1-2-20(18,19)14-11-7-6-10-13(14)16-15(17)12-8-4-3-5-9-12/h6-7,10-12H,2-5,8-9H2,1H3,(H,16,17). The summed E-state index contributed by atoms with van der Waals surface area (Å²) in [7, 11) is -3.32. The third-order valence-corrected chi connectivity index (χ3v) is 5.62. The second-order valence-electron chi connectivity index (χ2n) is 5.22. The highest BCUT2D eigenvalue weighted by Gasteiger charge is 2.23. The van der Waals surface area contributed by atoms with E-state index in [2.05, 4.69) is 5.32 Å². The molecule has 1 N–H and O–H groups in total. The number of sulfone groups is 1. The molecule has 1 saturated carbocycles. The first-order valence-corrected chi connectivity index (χ1v) is 8.82. The molecule has 1 fully saturated rings. The van der Waals surface area contributed by atoms with Gasteiger partial charge in [-0.3, -0.25) is 4.79 Å². The fraction of sp³-hybridized carbons (Fsp3) is 0.533. The van der Waals surface area contributed by atoms with Crippen LogP contribution in [0.4, 0.5) is 5.69 Å². The van der Waals surface area contributed by atoms with Crippen molar-refractivity contribution < 1.29 is 13.2 Å². The number of carbonyl (C=O) groups excluding carboxylic acids is 1. The Labute approximate surface area is 120 Å². The summed E-state index contributed by atoms with van der Waals surface area (Å²) in [4.78, 5) is 12.4. The number of hydrogen-bond acceptors (Lipinski definition) is 3. The Morgan fingerprint density at radius 3 is 2.50 bits per heavy atom. The van der Waals surface area contributed by atoms with Crippen LogP contribution in [-0.4, -0.2) is 20.1 Å². The van der Waals surface area contributed by atoms with Crippen LogP contribution in [0.2, 0.25) is 0 Å². The molecule has 0 unspecified atom stereocenters. The first-order valence-electron chi connectivity index (χ1n) is 7.17. The van der Waals surface area contributed by atoms with Crippen LogP contribution >= 0.6 is 0 Å². The molecule has 1 aliphatic rings. The Balaban J connectivity index is 2.19. The largest absolute Gasteiger partial charge is 0.325 e. The van der Waals surface area contributed by atoms with Crippen LogP contribution in [0.25, 0.3) is 0 Å². The number of benzene rings is 1. The van der Waals surface area contributed by atoms with Crippen LogP contribution in [0.15, 0.2) is 29.2 Å². The summed E-state index contributed by atoms with van der Waals surface area (Å²) in [6.07, 6.45) is 5.13. The SMILES string of the molecule is CCS(=O)(=O)c1ccccc1NC(=O)C1CCCCC1. The number of anilines is 1. The number of rotatable bonds is 4. The summed E-state index contributed by atoms with van der Waals surface area (Å²) >= 11 is 0. The highest BCUT2D eigenvalue weighted by molar-refractivity contribution is 7.91. The minimum atomic E-state index is -3.32. The maximum atomic E-state index is 12.2. The van der Waals surface area contributed by atoms with E-state index >= 15 is 0 Å². The molecule has 2 rings (SSSR count). The summed E-state index contributed by atoms with van der Waals surface area (Å²) in [5, 5.41) is 2.80. The summed E-state index contributed by atoms with van der Waals surface area (Å²) in [5.41, 5.74) is 0.407. The van der Waals surface area contributed by atoms with Crippen molar-refractivity contribution in [2.24, 2.45) is 5.92 Å². The topological polar surface area (TPSA) is 63.2 Å². The van der Waals surface area contributed by atoms with Gasteiger partial charge >= 0.3 is 0 Å². The molecule has 0 atom stereocenters. The summed E-state index contributed by atoms with van der Waals surface area (Å²) in [6, 6.07) is 6.63. The Kier molecular flexibility index (Phi) is 4.81. The molecular formula is C15H21NO3S. The monoisotopic (exact) mass is 295 g/mol. The van der Waals surface area contributed by atoms with Gasteiger partial charge in [0.1, 0.15) is 0 Å². The average Bonchev–Trinajstić information content (AvgIpc) is 2.48. The molecule has 0 aliphatic heterocycles. The van der Waals surface area contributed by atoms with E-state index in [0.29, 0.717) is 5.69 Å². The highest BCUT2D eigenvalue weighted by Crippen LogP contribution is 2.27. The molecule has 0 saturated heterocycles. The Bertz CT molecular complexity index is 575. The van der Waals surface area contributed by atoms with Crippen molar-refractivity contribution in [1.29, 1.82) is 0 Å². The van der Waals surface area contributed by atoms with Crippen LogP contribution in [-0.2, 0) is 14.6 Å². The van der Waals surface area contributed by atoms with E-state index < -0.39 is 9.84 Å². The third kappa shape index (κ3) is 3.39. The van der Waals surface area contributed by atoms with Gasteiger partial charge in [0.25, 0.3) is 0 Å². The van der Waals surface area contributed by atoms with Crippen LogP contribution in [0.1, 0.15) is 39.0 Å². The fourth-order valence-corrected chi connectivity index (χ4v) is 3.65. The molecular weight excluding hydrogens is 274 g/mol. The number of hydrogen-bond donors (Lipinski definition) is 1. The van der Waals surface area contributed by atoms with Gasteiger partial charge in [0.05, 0.1) is 16.3 Å². The lowest BCUT2D eigenvalue weighted by atomic mass is 9.88. The number of para-hydroxylation sites is 1. The zero-order chi connectivity index (χ0) is 14.6. The lowest BCUT2D eigenvalue weighted by Gasteiger charge is -2.21. The van der Waals surface area contributed by atoms with Crippen LogP contribution in [0.5, 0.6) is 0 Å². The molecule has 1 aromatic carbocycles. The van der Waals surface area contributed by atoms with Gasteiger partial charge in [0, 0.05) is 5.92 Å². The number of carbonyl (C=O) groups is 1. The number of nitrogens with one attached hydrogen (secondary N) is 1. The van der Waals surface area contributed by atoms with Gasteiger partial charge in [-0.2, -0.15) is 0 Å². The van der Waals surface area contributed by atoms with Gasteiger partial charge in [0.15, 0.2) is 9.84 Å². The maximum Gasteiger partial charge on any atom is 0.227 e. The second kappa shape index (κ2) is 6.39. The first kappa shape index (κ1) is 15.0. The average molecular weight is 295 g/mol. The lowest BCUT2D eigenvalue weighted by molar-refractivity contribution is -0.120. The van der Waals surface area contributed by atoms with E-state index in [4.69, 9.17) is 0 Å². The zero-order valence-electron chi connectivity index (χ0n) is 11.8. The smallest absolute Gasteiger partial charge is 0.227 e. The molecule has 20 heavy (non-hydrogen) atoms. The zero-order valence-corrected chi connectivity index (χ0v) is 12.6. The van der Waals surface area contributed by atoms with E-state index in [9.17, 15) is 13.2 Å². The van der Waals surface area contributed by atoms with Crippen molar-refractivity contribution in [1.82, 2.24) is 0 Å². The fourth-order valence-electron chi connectivity index (χ4n) is 2.60. The molecule has 0 spiro atoms. The minimum absolute atomic E-state index is 0.0149. The molecule has 1 aromatic rings. The summed E-state index contributed by atoms with van der Waals surface area (Å²) < 4.78 is 24.1. The van der Waals surface area contributed by atoms with Crippen molar-refractivity contribution in [3.05, 3.63) is 24.3 Å². The van der Waals surface area contributed by atoms with Crippen molar-refractivity contribution >= 4 is 21.4 Å². The van der Waals surface area contributed by atoms with Crippen molar-refractivity contribution in [3.63, 3.8) is 0 Å². The predicted octanol–water partition coefficient (Wildman–Crippen LogP) is 3.00. The first-order chi connectivity index (χ1) is 9.54. The second-order valence-corrected chi connectivity index (χ2v) is 7.47. The molecule has 0 aromatic heterocycles. The van der Waals surface area contributed by atoms with E-state index in [1.807, 2.05) is 0 Å². The maximum absolute atomic E-state index is 12.2. The van der Waals surface area contributed by atoms with Gasteiger partial charge in [-0.25, -0.2) is 8.42 Å². The van der Waals surface area contributed by atoms with Gasteiger partial charge in [-0.15, -0.1) is 0 Å². The van der Waals surface area contributed by atoms with Crippen molar-refractivity contribution in [2.45, 2.75) is 43.9 Å². The lowest BCUT2D eigenvalue weighted by Crippen LogP contribution is -2.25. The molecule has 1 amide bonds. The van der Waals surface area contributed by atoms with Crippen LogP contribution in [0.3, 0.4) is 0 Å². The highest BCUT2D eigenvalue weighted by atomic mass is 32.2. The summed E-state index contributed by atoms with van der Waals surface area (Å²) in [5.74, 6) is -0.00635. The molecule has 1 aliphatic carbocycles. The van der Waals surface area contributed by atoms with Crippen molar-refractivity contribution in [2.75, 3.05) is 11.1 Å².